The van der Waals surface area contributed by atoms with Crippen LogP contribution in [0.15, 0.2) is 42.1 Å². The molecule has 0 radical (unpaired) electrons. The number of amides is 1. The highest BCUT2D eigenvalue weighted by atomic mass is 35.5. The Labute approximate surface area is 155 Å². The number of carbonyl (C=O) groups is 2. The number of carbonyl (C=O) groups excluding carboxylic acids is 1. The number of hydrogen-bond donors (Lipinski definition) is 2. The zero-order chi connectivity index (χ0) is 19.3. The summed E-state index contributed by atoms with van der Waals surface area (Å²) in [6.07, 6.45) is 1.21. The van der Waals surface area contributed by atoms with Crippen molar-refractivity contribution in [1.82, 2.24) is 5.32 Å². The van der Waals surface area contributed by atoms with E-state index in [0.717, 1.165) is 11.1 Å². The van der Waals surface area contributed by atoms with Gasteiger partial charge in [0, 0.05) is 5.02 Å². The number of benzene rings is 2. The second-order valence-electron chi connectivity index (χ2n) is 5.64. The van der Waals surface area contributed by atoms with E-state index in [-0.39, 0.29) is 18.1 Å². The van der Waals surface area contributed by atoms with E-state index in [4.69, 9.17) is 16.3 Å². The normalized spacial score (nSPS) is 11.1. The molecule has 0 saturated heterocycles. The summed E-state index contributed by atoms with van der Waals surface area (Å²) >= 11 is 6.07. The topological polar surface area (TPSA) is 98.7 Å². The van der Waals surface area contributed by atoms with Gasteiger partial charge in [0.15, 0.2) is 6.61 Å². The van der Waals surface area contributed by atoms with Gasteiger partial charge in [-0.25, -0.2) is 4.79 Å². The van der Waals surface area contributed by atoms with Crippen LogP contribution in [0.4, 0.5) is 0 Å². The number of aryl methyl sites for hydroxylation is 2. The Morgan fingerprint density at radius 2 is 1.88 bits per heavy atom. The molecule has 1 amide bonds. The molecule has 0 fully saturated rings. The molecule has 0 aliphatic carbocycles. The summed E-state index contributed by atoms with van der Waals surface area (Å²) in [7, 11) is 0. The van der Waals surface area contributed by atoms with Gasteiger partial charge in [0.2, 0.25) is 0 Å². The first kappa shape index (κ1) is 19.3. The van der Waals surface area contributed by atoms with E-state index in [2.05, 4.69) is 5.32 Å². The van der Waals surface area contributed by atoms with Crippen molar-refractivity contribution in [3.05, 3.63) is 63.8 Å². The maximum Gasteiger partial charge on any atom is 0.352 e. The van der Waals surface area contributed by atoms with Crippen LogP contribution >= 0.6 is 11.6 Å². The van der Waals surface area contributed by atoms with Gasteiger partial charge in [0.05, 0.1) is 0 Å². The predicted octanol–water partition coefficient (Wildman–Crippen LogP) is 2.65. The first-order chi connectivity index (χ1) is 12.3. The Morgan fingerprint density at radius 3 is 2.46 bits per heavy atom. The molecule has 0 unspecified atom stereocenters. The van der Waals surface area contributed by atoms with Crippen molar-refractivity contribution in [3.8, 4) is 11.5 Å². The number of halogens is 1. The van der Waals surface area contributed by atoms with E-state index in [1.54, 1.807) is 18.2 Å². The van der Waals surface area contributed by atoms with Crippen molar-refractivity contribution in [3.63, 3.8) is 0 Å². The summed E-state index contributed by atoms with van der Waals surface area (Å²) in [5.41, 5.74) is 1.64. The molecule has 2 aromatic carbocycles. The smallest absolute Gasteiger partial charge is 0.352 e. The third-order valence-corrected chi connectivity index (χ3v) is 4.05. The lowest BCUT2D eigenvalue weighted by Gasteiger charge is -2.11. The Bertz CT molecular complexity index is 853. The SMILES string of the molecule is Cc1cc(OCC(=O)N/C(=C/c2cccc([O-])c2)C(=O)O)cc(C)c1Cl. The summed E-state index contributed by atoms with van der Waals surface area (Å²) in [5.74, 6) is -1.76. The van der Waals surface area contributed by atoms with E-state index < -0.39 is 11.9 Å². The van der Waals surface area contributed by atoms with Gasteiger partial charge in [0.25, 0.3) is 5.91 Å². The fourth-order valence-corrected chi connectivity index (χ4v) is 2.36. The number of ether oxygens (including phenoxy) is 1. The van der Waals surface area contributed by atoms with Crippen LogP contribution in [0.5, 0.6) is 11.5 Å². The van der Waals surface area contributed by atoms with Crippen molar-refractivity contribution >= 4 is 29.6 Å². The maximum atomic E-state index is 12.0. The van der Waals surface area contributed by atoms with E-state index in [1.807, 2.05) is 13.8 Å². The van der Waals surface area contributed by atoms with Gasteiger partial charge in [0.1, 0.15) is 11.4 Å². The number of carboxylic acids is 1. The zero-order valence-electron chi connectivity index (χ0n) is 14.2. The summed E-state index contributed by atoms with van der Waals surface area (Å²) in [4.78, 5) is 23.3. The number of hydrogen-bond acceptors (Lipinski definition) is 4. The molecule has 0 heterocycles. The lowest BCUT2D eigenvalue weighted by atomic mass is 10.1. The minimum absolute atomic E-state index is 0.258. The van der Waals surface area contributed by atoms with Gasteiger partial charge in [-0.2, -0.15) is 0 Å². The first-order valence-corrected chi connectivity index (χ1v) is 8.05. The van der Waals surface area contributed by atoms with Crippen LogP contribution in [0.2, 0.25) is 5.02 Å². The average molecular weight is 375 g/mol. The third kappa shape index (κ3) is 5.26. The van der Waals surface area contributed by atoms with Crippen LogP contribution in [-0.4, -0.2) is 23.6 Å². The molecule has 0 aromatic heterocycles. The molecule has 0 aliphatic rings. The molecule has 0 spiro atoms. The first-order valence-electron chi connectivity index (χ1n) is 7.67. The Kier molecular flexibility index (Phi) is 6.25. The van der Waals surface area contributed by atoms with Gasteiger partial charge in [-0.1, -0.05) is 35.9 Å². The van der Waals surface area contributed by atoms with Crippen molar-refractivity contribution in [2.45, 2.75) is 13.8 Å². The van der Waals surface area contributed by atoms with Crippen molar-refractivity contribution in [2.24, 2.45) is 0 Å². The average Bonchev–Trinajstić information content (AvgIpc) is 2.57. The molecule has 2 rings (SSSR count). The van der Waals surface area contributed by atoms with Crippen LogP contribution in [0, 0.1) is 13.8 Å². The van der Waals surface area contributed by atoms with Gasteiger partial charge >= 0.3 is 5.97 Å². The maximum absolute atomic E-state index is 12.0. The second-order valence-corrected chi connectivity index (χ2v) is 6.02. The molecule has 7 heteroatoms. The molecule has 0 atom stereocenters. The van der Waals surface area contributed by atoms with Crippen LogP contribution in [0.3, 0.4) is 0 Å². The molecular weight excluding hydrogens is 358 g/mol. The highest BCUT2D eigenvalue weighted by molar-refractivity contribution is 6.32. The lowest BCUT2D eigenvalue weighted by molar-refractivity contribution is -0.268. The molecule has 0 aliphatic heterocycles. The fourth-order valence-electron chi connectivity index (χ4n) is 2.25. The molecular formula is C19H17ClNO5-. The quantitative estimate of drug-likeness (QED) is 0.757. The van der Waals surface area contributed by atoms with Crippen molar-refractivity contribution in [2.75, 3.05) is 6.61 Å². The monoisotopic (exact) mass is 374 g/mol. The van der Waals surface area contributed by atoms with Crippen molar-refractivity contribution in [1.29, 1.82) is 0 Å². The lowest BCUT2D eigenvalue weighted by Crippen LogP contribution is -2.31. The van der Waals surface area contributed by atoms with Gasteiger partial charge in [-0.3, -0.25) is 4.79 Å². The number of nitrogens with one attached hydrogen (secondary N) is 1. The zero-order valence-corrected chi connectivity index (χ0v) is 15.0. The van der Waals surface area contributed by atoms with E-state index in [9.17, 15) is 19.8 Å². The summed E-state index contributed by atoms with van der Waals surface area (Å²) in [5, 5.41) is 23.4. The molecule has 2 N–H and O–H groups in total. The Hall–Kier alpha value is -2.99. The largest absolute Gasteiger partial charge is 0.872 e. The Morgan fingerprint density at radius 1 is 1.23 bits per heavy atom. The highest BCUT2D eigenvalue weighted by Crippen LogP contribution is 2.25. The Balaban J connectivity index is 2.05. The van der Waals surface area contributed by atoms with E-state index in [0.29, 0.717) is 16.3 Å². The third-order valence-electron chi connectivity index (χ3n) is 3.45. The molecule has 0 saturated carbocycles. The minimum atomic E-state index is -1.33. The summed E-state index contributed by atoms with van der Waals surface area (Å²) < 4.78 is 5.39. The standard InChI is InChI=1S/C19H18ClNO5/c1-11-6-15(7-12(2)18(11)20)26-10-17(23)21-16(19(24)25)9-13-4-3-5-14(22)8-13/h3-9,22H,10H2,1-2H3,(H,21,23)(H,24,25)/p-1/b16-9+. The summed E-state index contributed by atoms with van der Waals surface area (Å²) in [6, 6.07) is 9.06. The van der Waals surface area contributed by atoms with E-state index >= 15 is 0 Å². The fraction of sp³-hybridized carbons (Fsp3) is 0.158. The number of rotatable bonds is 6. The number of carboxylic acid groups (broad SMARTS) is 1. The minimum Gasteiger partial charge on any atom is -0.872 e. The van der Waals surface area contributed by atoms with Crippen molar-refractivity contribution < 1.29 is 24.5 Å². The van der Waals surface area contributed by atoms with Gasteiger partial charge in [-0.15, -0.1) is 5.75 Å². The number of aliphatic carboxylic acids is 1. The van der Waals surface area contributed by atoms with Gasteiger partial charge in [-0.05, 0) is 48.7 Å². The summed E-state index contributed by atoms with van der Waals surface area (Å²) in [6.45, 7) is 3.27. The second kappa shape index (κ2) is 8.40. The predicted molar refractivity (Wildman–Crippen MR) is 96.1 cm³/mol. The molecule has 2 aromatic rings. The highest BCUT2D eigenvalue weighted by Gasteiger charge is 2.13. The molecule has 6 nitrogen and oxygen atoms in total. The van der Waals surface area contributed by atoms with E-state index in [1.165, 1.54) is 24.3 Å². The molecule has 26 heavy (non-hydrogen) atoms. The van der Waals surface area contributed by atoms with Crippen LogP contribution in [0.1, 0.15) is 16.7 Å². The van der Waals surface area contributed by atoms with Crippen LogP contribution in [-0.2, 0) is 9.59 Å². The van der Waals surface area contributed by atoms with Crippen LogP contribution < -0.4 is 15.2 Å². The van der Waals surface area contributed by atoms with Gasteiger partial charge < -0.3 is 20.3 Å². The van der Waals surface area contributed by atoms with Crippen LogP contribution in [0.25, 0.3) is 6.08 Å². The molecule has 0 bridgehead atoms. The molecule has 136 valence electrons.